The van der Waals surface area contributed by atoms with Crippen LogP contribution in [-0.4, -0.2) is 36.1 Å². The maximum absolute atomic E-state index is 9.07. The lowest BCUT2D eigenvalue weighted by Crippen LogP contribution is -2.25. The van der Waals surface area contributed by atoms with Gasteiger partial charge in [-0.3, -0.25) is 0 Å². The van der Waals surface area contributed by atoms with Gasteiger partial charge in [0.1, 0.15) is 6.10 Å². The monoisotopic (exact) mass is 410 g/mol. The van der Waals surface area contributed by atoms with Crippen LogP contribution in [0, 0.1) is 5.41 Å². The van der Waals surface area contributed by atoms with E-state index in [-0.39, 0.29) is 12.7 Å². The SMILES string of the molecule is OCc1cnc(Nc2ncc(-c3ccnc(OC4CCC5(CC4)CC5)n3)s2)nc1. The zero-order valence-electron chi connectivity index (χ0n) is 15.9. The van der Waals surface area contributed by atoms with Crippen LogP contribution in [0.2, 0.25) is 0 Å². The average molecular weight is 411 g/mol. The van der Waals surface area contributed by atoms with E-state index in [1.807, 2.05) is 6.07 Å². The molecule has 0 amide bonds. The molecule has 5 rings (SSSR count). The number of hydrogen-bond acceptors (Lipinski definition) is 9. The van der Waals surface area contributed by atoms with Gasteiger partial charge in [-0.15, -0.1) is 0 Å². The lowest BCUT2D eigenvalue weighted by atomic mass is 9.85. The number of nitrogens with one attached hydrogen (secondary N) is 1. The number of aliphatic hydroxyl groups excluding tert-OH is 1. The summed E-state index contributed by atoms with van der Waals surface area (Å²) in [6.45, 7) is -0.0818. The average Bonchev–Trinajstić information content (AvgIpc) is 3.35. The van der Waals surface area contributed by atoms with Crippen LogP contribution in [0.4, 0.5) is 11.1 Å². The van der Waals surface area contributed by atoms with Gasteiger partial charge in [-0.25, -0.2) is 19.9 Å². The maximum atomic E-state index is 9.07. The number of hydrogen-bond donors (Lipinski definition) is 2. The minimum absolute atomic E-state index is 0.0818. The first kappa shape index (κ1) is 18.4. The molecule has 0 aliphatic heterocycles. The molecule has 0 atom stereocenters. The number of aromatic nitrogens is 5. The lowest BCUT2D eigenvalue weighted by molar-refractivity contribution is 0.114. The molecule has 2 aliphatic rings. The molecule has 0 unspecified atom stereocenters. The predicted molar refractivity (Wildman–Crippen MR) is 109 cm³/mol. The highest BCUT2D eigenvalue weighted by Gasteiger charge is 2.45. The normalized spacial score (nSPS) is 18.0. The Labute approximate surface area is 172 Å². The van der Waals surface area contributed by atoms with Gasteiger partial charge < -0.3 is 15.2 Å². The van der Waals surface area contributed by atoms with Crippen molar-refractivity contribution in [1.82, 2.24) is 24.9 Å². The highest BCUT2D eigenvalue weighted by atomic mass is 32.1. The van der Waals surface area contributed by atoms with Crippen molar-refractivity contribution in [2.45, 2.75) is 51.2 Å². The van der Waals surface area contributed by atoms with Crippen LogP contribution in [-0.2, 0) is 6.61 Å². The number of rotatable bonds is 6. The first-order valence-corrected chi connectivity index (χ1v) is 10.7. The van der Waals surface area contributed by atoms with E-state index < -0.39 is 0 Å². The van der Waals surface area contributed by atoms with E-state index in [2.05, 4.69) is 30.2 Å². The third-order valence-corrected chi connectivity index (χ3v) is 6.66. The van der Waals surface area contributed by atoms with Gasteiger partial charge in [-0.2, -0.15) is 4.98 Å². The summed E-state index contributed by atoms with van der Waals surface area (Å²) in [4.78, 5) is 22.5. The molecule has 1 spiro atoms. The molecule has 3 aromatic heterocycles. The zero-order chi connectivity index (χ0) is 19.7. The number of ether oxygens (including phenoxy) is 1. The molecule has 2 saturated carbocycles. The summed E-state index contributed by atoms with van der Waals surface area (Å²) in [5.41, 5.74) is 2.09. The van der Waals surface area contributed by atoms with Gasteiger partial charge in [0.25, 0.3) is 0 Å². The quantitative estimate of drug-likeness (QED) is 0.633. The third kappa shape index (κ3) is 4.20. The van der Waals surface area contributed by atoms with Gasteiger partial charge in [0.05, 0.1) is 17.2 Å². The van der Waals surface area contributed by atoms with Crippen LogP contribution in [0.1, 0.15) is 44.1 Å². The van der Waals surface area contributed by atoms with E-state index in [0.29, 0.717) is 28.1 Å². The van der Waals surface area contributed by atoms with E-state index in [9.17, 15) is 0 Å². The highest BCUT2D eigenvalue weighted by molar-refractivity contribution is 7.18. The highest BCUT2D eigenvalue weighted by Crippen LogP contribution is 2.56. The Bertz CT molecular complexity index is 979. The molecule has 2 fully saturated rings. The fourth-order valence-electron chi connectivity index (χ4n) is 3.73. The second-order valence-electron chi connectivity index (χ2n) is 7.77. The molecule has 3 heterocycles. The van der Waals surface area contributed by atoms with Crippen LogP contribution in [0.15, 0.2) is 30.9 Å². The summed E-state index contributed by atoms with van der Waals surface area (Å²) in [6, 6.07) is 2.29. The van der Waals surface area contributed by atoms with Gasteiger partial charge in [-0.1, -0.05) is 11.3 Å². The van der Waals surface area contributed by atoms with Gasteiger partial charge in [0.15, 0.2) is 5.13 Å². The van der Waals surface area contributed by atoms with Crippen molar-refractivity contribution in [3.8, 4) is 16.6 Å². The Kier molecular flexibility index (Phi) is 4.84. The van der Waals surface area contributed by atoms with Crippen LogP contribution < -0.4 is 10.1 Å². The molecule has 150 valence electrons. The first-order chi connectivity index (χ1) is 14.2. The number of nitrogens with zero attached hydrogens (tertiary/aromatic N) is 5. The first-order valence-electron chi connectivity index (χ1n) is 9.86. The van der Waals surface area contributed by atoms with E-state index in [1.54, 1.807) is 24.8 Å². The molecule has 0 radical (unpaired) electrons. The molecular weight excluding hydrogens is 388 g/mol. The summed E-state index contributed by atoms with van der Waals surface area (Å²) in [6.07, 6.45) is 14.4. The molecular formula is C20H22N6O2S. The van der Waals surface area contributed by atoms with Gasteiger partial charge >= 0.3 is 6.01 Å². The molecule has 2 N–H and O–H groups in total. The fraction of sp³-hybridized carbons (Fsp3) is 0.450. The topological polar surface area (TPSA) is 106 Å². The molecule has 2 aliphatic carbocycles. The van der Waals surface area contributed by atoms with E-state index >= 15 is 0 Å². The van der Waals surface area contributed by atoms with E-state index in [4.69, 9.17) is 9.84 Å². The lowest BCUT2D eigenvalue weighted by Gasteiger charge is -2.28. The van der Waals surface area contributed by atoms with Gasteiger partial charge in [0, 0.05) is 30.4 Å². The second-order valence-corrected chi connectivity index (χ2v) is 8.80. The van der Waals surface area contributed by atoms with Crippen LogP contribution in [0.25, 0.3) is 10.6 Å². The second kappa shape index (κ2) is 7.64. The number of thiazole rings is 1. The van der Waals surface area contributed by atoms with Crippen molar-refractivity contribution in [2.24, 2.45) is 5.41 Å². The van der Waals surface area contributed by atoms with Crippen molar-refractivity contribution >= 4 is 22.4 Å². The van der Waals surface area contributed by atoms with Crippen molar-refractivity contribution in [1.29, 1.82) is 0 Å². The Balaban J connectivity index is 1.24. The number of anilines is 2. The predicted octanol–water partition coefficient (Wildman–Crippen LogP) is 3.73. The molecule has 0 aromatic carbocycles. The van der Waals surface area contributed by atoms with Crippen LogP contribution in [0.3, 0.4) is 0 Å². The molecule has 3 aromatic rings. The summed E-state index contributed by atoms with van der Waals surface area (Å²) >= 11 is 1.46. The minimum atomic E-state index is -0.0818. The molecule has 29 heavy (non-hydrogen) atoms. The largest absolute Gasteiger partial charge is 0.460 e. The Hall–Kier alpha value is -2.65. The fourth-order valence-corrected chi connectivity index (χ4v) is 4.51. The molecule has 0 saturated heterocycles. The van der Waals surface area contributed by atoms with Gasteiger partial charge in [0.2, 0.25) is 5.95 Å². The minimum Gasteiger partial charge on any atom is -0.460 e. The van der Waals surface area contributed by atoms with Gasteiger partial charge in [-0.05, 0) is 50.0 Å². The van der Waals surface area contributed by atoms with E-state index in [1.165, 1.54) is 37.0 Å². The van der Waals surface area contributed by atoms with Crippen molar-refractivity contribution in [2.75, 3.05) is 5.32 Å². The summed E-state index contributed by atoms with van der Waals surface area (Å²) in [5, 5.41) is 12.8. The standard InChI is InChI=1S/C20H22N6O2S/c27-12-13-9-22-17(23-10-13)26-19-24-11-16(29-19)15-3-8-21-18(25-15)28-14-1-4-20(5-2-14)6-7-20/h3,8-11,14,27H,1-2,4-7,12H2,(H,22,23,24,26). The van der Waals surface area contributed by atoms with E-state index in [0.717, 1.165) is 23.4 Å². The van der Waals surface area contributed by atoms with Crippen molar-refractivity contribution < 1.29 is 9.84 Å². The van der Waals surface area contributed by atoms with Crippen LogP contribution >= 0.6 is 11.3 Å². The summed E-state index contributed by atoms with van der Waals surface area (Å²) < 4.78 is 6.07. The summed E-state index contributed by atoms with van der Waals surface area (Å²) in [5.74, 6) is 0.431. The number of aliphatic hydroxyl groups is 1. The Morgan fingerprint density at radius 1 is 1.07 bits per heavy atom. The Morgan fingerprint density at radius 2 is 1.86 bits per heavy atom. The molecule has 9 heteroatoms. The maximum Gasteiger partial charge on any atom is 0.317 e. The third-order valence-electron chi connectivity index (χ3n) is 5.72. The van der Waals surface area contributed by atoms with Crippen molar-refractivity contribution in [3.63, 3.8) is 0 Å². The van der Waals surface area contributed by atoms with Crippen LogP contribution in [0.5, 0.6) is 6.01 Å². The van der Waals surface area contributed by atoms with Crippen molar-refractivity contribution in [3.05, 3.63) is 36.4 Å². The molecule has 8 nitrogen and oxygen atoms in total. The molecule has 0 bridgehead atoms. The smallest absolute Gasteiger partial charge is 0.317 e. The summed E-state index contributed by atoms with van der Waals surface area (Å²) in [7, 11) is 0. The Morgan fingerprint density at radius 3 is 2.59 bits per heavy atom. The zero-order valence-corrected chi connectivity index (χ0v) is 16.7.